The molecule has 2 saturated carbocycles. The van der Waals surface area contributed by atoms with E-state index in [2.05, 4.69) is 19.1 Å². The second-order valence-electron chi connectivity index (χ2n) is 7.21. The number of rotatable bonds is 3. The van der Waals surface area contributed by atoms with Crippen molar-refractivity contribution in [2.45, 2.75) is 83.1 Å². The molecule has 3 rings (SSSR count). The summed E-state index contributed by atoms with van der Waals surface area (Å²) in [6, 6.07) is 4.76. The topological polar surface area (TPSA) is 32.6 Å². The fourth-order valence-corrected chi connectivity index (χ4v) is 4.04. The molecule has 0 amide bonds. The van der Waals surface area contributed by atoms with E-state index in [0.717, 1.165) is 16.7 Å². The standard InChI is InChI=1S/C20H29NO.2ClH.Zr/c1-15-12-13-18(16-8-4-2-5-9-16)20(22)19(15)14-21-17-10-6-3-7-11-17;;;/h12-14,16-17,22H,2-11H2,1H3;2*1H;/q;;;+2/p-2. The molecule has 0 heterocycles. The summed E-state index contributed by atoms with van der Waals surface area (Å²) in [6.07, 6.45) is 14.7. The van der Waals surface area contributed by atoms with Gasteiger partial charge in [-0.1, -0.05) is 50.7 Å². The number of aliphatic imine (C=N–C) groups is 1. The fourth-order valence-electron chi connectivity index (χ4n) is 4.04. The molecule has 0 bridgehead atoms. The Labute approximate surface area is 171 Å². The van der Waals surface area contributed by atoms with E-state index in [9.17, 15) is 5.11 Å². The molecule has 138 valence electrons. The third-order valence-electron chi connectivity index (χ3n) is 5.50. The Hall–Kier alpha value is 0.153. The van der Waals surface area contributed by atoms with E-state index in [1.54, 1.807) is 0 Å². The van der Waals surface area contributed by atoms with Gasteiger partial charge in [-0.3, -0.25) is 4.99 Å². The predicted octanol–water partition coefficient (Wildman–Crippen LogP) is 6.88. The molecular formula is C20H29Cl2NOZr. The average Bonchev–Trinajstić information content (AvgIpc) is 2.64. The molecular weight excluding hydrogens is 432 g/mol. The quantitative estimate of drug-likeness (QED) is 0.489. The summed E-state index contributed by atoms with van der Waals surface area (Å²) in [5, 5.41) is 10.8. The molecule has 25 heavy (non-hydrogen) atoms. The van der Waals surface area contributed by atoms with Crippen molar-refractivity contribution >= 4 is 23.2 Å². The summed E-state index contributed by atoms with van der Waals surface area (Å²) in [4.78, 5) is 4.78. The number of nitrogens with zero attached hydrogens (tertiary/aromatic N) is 1. The Balaban J connectivity index is 0.000000701. The van der Waals surface area contributed by atoms with Crippen LogP contribution in [0.2, 0.25) is 0 Å². The molecule has 1 N–H and O–H groups in total. The van der Waals surface area contributed by atoms with Gasteiger partial charge in [0.25, 0.3) is 0 Å². The minimum atomic E-state index is -0.826. The molecule has 5 heteroatoms. The molecule has 2 nitrogen and oxygen atoms in total. The SMILES string of the molecule is Cc1ccc(C2CCCCC2)c(O)c1C=NC1CCCCC1.[Cl][Zr][Cl]. The van der Waals surface area contributed by atoms with E-state index in [-0.39, 0.29) is 0 Å². The average molecular weight is 462 g/mol. The Morgan fingerprint density at radius 1 is 1.00 bits per heavy atom. The summed E-state index contributed by atoms with van der Waals surface area (Å²) in [5.41, 5.74) is 3.24. The molecule has 0 atom stereocenters. The summed E-state index contributed by atoms with van der Waals surface area (Å²) >= 11 is -0.826. The first-order valence-corrected chi connectivity index (χ1v) is 15.8. The van der Waals surface area contributed by atoms with Gasteiger partial charge in [-0.2, -0.15) is 0 Å². The summed E-state index contributed by atoms with van der Waals surface area (Å²) in [6.45, 7) is 2.08. The fraction of sp³-hybridized carbons (Fsp3) is 0.650. The Morgan fingerprint density at radius 2 is 1.56 bits per heavy atom. The molecule has 0 spiro atoms. The molecule has 1 aromatic carbocycles. The monoisotopic (exact) mass is 459 g/mol. The van der Waals surface area contributed by atoms with Gasteiger partial charge in [0.2, 0.25) is 0 Å². The number of aryl methyl sites for hydroxylation is 1. The first-order valence-electron chi connectivity index (χ1n) is 9.49. The van der Waals surface area contributed by atoms with Crippen LogP contribution in [0.1, 0.15) is 86.8 Å². The van der Waals surface area contributed by atoms with Gasteiger partial charge in [0.05, 0.1) is 0 Å². The second-order valence-corrected chi connectivity index (χ2v) is 10.9. The van der Waals surface area contributed by atoms with Gasteiger partial charge >= 0.3 is 37.9 Å². The van der Waals surface area contributed by atoms with E-state index < -0.39 is 20.8 Å². The van der Waals surface area contributed by atoms with Crippen LogP contribution in [-0.4, -0.2) is 17.4 Å². The Kier molecular flexibility index (Phi) is 10.1. The van der Waals surface area contributed by atoms with E-state index in [1.807, 2.05) is 6.21 Å². The molecule has 2 aliphatic carbocycles. The third-order valence-corrected chi connectivity index (χ3v) is 5.50. The number of phenols is 1. The van der Waals surface area contributed by atoms with Crippen LogP contribution in [0.25, 0.3) is 0 Å². The molecule has 0 radical (unpaired) electrons. The first kappa shape index (κ1) is 21.5. The minimum absolute atomic E-state index is 0.464. The molecule has 0 aromatic heterocycles. The van der Waals surface area contributed by atoms with Gasteiger partial charge < -0.3 is 5.11 Å². The number of benzene rings is 1. The van der Waals surface area contributed by atoms with Crippen LogP contribution in [0, 0.1) is 6.92 Å². The van der Waals surface area contributed by atoms with Gasteiger partial charge in [-0.15, -0.1) is 0 Å². The Bertz CT molecular complexity index is 553. The zero-order valence-electron chi connectivity index (χ0n) is 15.1. The van der Waals surface area contributed by atoms with Crippen molar-refractivity contribution in [3.63, 3.8) is 0 Å². The maximum absolute atomic E-state index is 10.8. The normalized spacial score (nSPS) is 19.5. The van der Waals surface area contributed by atoms with Gasteiger partial charge in [0.15, 0.2) is 0 Å². The number of halogens is 2. The van der Waals surface area contributed by atoms with Gasteiger partial charge in [0, 0.05) is 17.8 Å². The van der Waals surface area contributed by atoms with E-state index in [0.29, 0.717) is 17.7 Å². The van der Waals surface area contributed by atoms with Crippen molar-refractivity contribution in [2.24, 2.45) is 4.99 Å². The Morgan fingerprint density at radius 3 is 2.16 bits per heavy atom. The summed E-state index contributed by atoms with van der Waals surface area (Å²) in [7, 11) is 9.87. The first-order chi connectivity index (χ1) is 12.2. The van der Waals surface area contributed by atoms with Crippen LogP contribution >= 0.6 is 17.0 Å². The van der Waals surface area contributed by atoms with Crippen LogP contribution in [0.3, 0.4) is 0 Å². The summed E-state index contributed by atoms with van der Waals surface area (Å²) < 4.78 is 0. The van der Waals surface area contributed by atoms with Crippen molar-refractivity contribution in [2.75, 3.05) is 0 Å². The van der Waals surface area contributed by atoms with E-state index >= 15 is 0 Å². The van der Waals surface area contributed by atoms with Crippen LogP contribution in [0.15, 0.2) is 17.1 Å². The molecule has 0 aliphatic heterocycles. The van der Waals surface area contributed by atoms with E-state index in [1.165, 1.54) is 64.2 Å². The zero-order chi connectivity index (χ0) is 18.1. The predicted molar refractivity (Wildman–Crippen MR) is 105 cm³/mol. The van der Waals surface area contributed by atoms with E-state index in [4.69, 9.17) is 22.0 Å². The van der Waals surface area contributed by atoms with Crippen molar-refractivity contribution in [3.05, 3.63) is 28.8 Å². The zero-order valence-corrected chi connectivity index (χ0v) is 19.1. The van der Waals surface area contributed by atoms with Crippen molar-refractivity contribution in [1.29, 1.82) is 0 Å². The van der Waals surface area contributed by atoms with Crippen LogP contribution in [-0.2, 0) is 20.8 Å². The van der Waals surface area contributed by atoms with Gasteiger partial charge in [-0.05, 0) is 49.7 Å². The van der Waals surface area contributed by atoms with Crippen LogP contribution in [0.4, 0.5) is 0 Å². The molecule has 0 saturated heterocycles. The number of hydrogen-bond acceptors (Lipinski definition) is 2. The molecule has 0 unspecified atom stereocenters. The molecule has 2 aliphatic rings. The summed E-state index contributed by atoms with van der Waals surface area (Å²) in [5.74, 6) is 1.03. The van der Waals surface area contributed by atoms with Gasteiger partial charge in [0.1, 0.15) is 5.75 Å². The molecule has 2 fully saturated rings. The van der Waals surface area contributed by atoms with Crippen LogP contribution < -0.4 is 0 Å². The number of hydrogen-bond donors (Lipinski definition) is 1. The van der Waals surface area contributed by atoms with Crippen molar-refractivity contribution in [1.82, 2.24) is 0 Å². The molecule has 1 aromatic rings. The van der Waals surface area contributed by atoms with Gasteiger partial charge in [-0.25, -0.2) is 0 Å². The van der Waals surface area contributed by atoms with Crippen molar-refractivity contribution < 1.29 is 26.0 Å². The third kappa shape index (κ3) is 6.67. The second kappa shape index (κ2) is 11.8. The van der Waals surface area contributed by atoms with Crippen LogP contribution in [0.5, 0.6) is 5.75 Å². The van der Waals surface area contributed by atoms with Crippen molar-refractivity contribution in [3.8, 4) is 5.75 Å². The number of aromatic hydroxyl groups is 1. The number of phenolic OH excluding ortho intramolecular Hbond substituents is 1. The maximum atomic E-state index is 10.8.